The normalized spacial score (nSPS) is 14.7. The molecule has 2 unspecified atom stereocenters. The van der Waals surface area contributed by atoms with Gasteiger partial charge in [-0.05, 0) is 6.42 Å². The largest absolute Gasteiger partial charge is 0.481 e. The molecule has 2 atom stereocenters. The molecule has 0 radical (unpaired) electrons. The van der Waals surface area contributed by atoms with Gasteiger partial charge in [0.05, 0.1) is 0 Å². The maximum Gasteiger partial charge on any atom is 0.335 e. The van der Waals surface area contributed by atoms with Crippen LogP contribution in [0.2, 0.25) is 0 Å². The van der Waals surface area contributed by atoms with Crippen LogP contribution in [0.3, 0.4) is 0 Å². The SMILES string of the molecule is CC(C)(C)SCC(NC(=O)NC(C=N)(CCC(=O)O)C(=O)O)C(=O)O. The molecular weight excluding hydrogens is 354 g/mol. The van der Waals surface area contributed by atoms with Gasteiger partial charge in [0.1, 0.15) is 6.04 Å². The minimum atomic E-state index is -2.23. The van der Waals surface area contributed by atoms with Crippen molar-refractivity contribution in [3.05, 3.63) is 0 Å². The third kappa shape index (κ3) is 8.38. The van der Waals surface area contributed by atoms with Gasteiger partial charge in [0.15, 0.2) is 5.54 Å². The van der Waals surface area contributed by atoms with Crippen molar-refractivity contribution in [2.75, 3.05) is 5.75 Å². The molecule has 11 heteroatoms. The van der Waals surface area contributed by atoms with Crippen LogP contribution in [-0.2, 0) is 14.4 Å². The lowest BCUT2D eigenvalue weighted by atomic mass is 9.95. The minimum Gasteiger partial charge on any atom is -0.481 e. The van der Waals surface area contributed by atoms with Gasteiger partial charge in [0.2, 0.25) is 0 Å². The van der Waals surface area contributed by atoms with E-state index in [4.69, 9.17) is 15.6 Å². The molecular formula is C14H23N3O7S. The fraction of sp³-hybridized carbons (Fsp3) is 0.643. The van der Waals surface area contributed by atoms with E-state index in [0.717, 1.165) is 0 Å². The lowest BCUT2D eigenvalue weighted by Gasteiger charge is -2.27. The molecule has 0 aromatic heterocycles. The molecule has 2 amide bonds. The first kappa shape index (κ1) is 22.7. The molecule has 6 N–H and O–H groups in total. The second-order valence-electron chi connectivity index (χ2n) is 6.23. The van der Waals surface area contributed by atoms with Crippen molar-refractivity contribution in [1.82, 2.24) is 10.6 Å². The fourth-order valence-corrected chi connectivity index (χ4v) is 2.49. The maximum atomic E-state index is 12.0. The average molecular weight is 377 g/mol. The first-order valence-electron chi connectivity index (χ1n) is 7.25. The molecule has 0 heterocycles. The Morgan fingerprint density at radius 2 is 1.72 bits per heavy atom. The zero-order valence-corrected chi connectivity index (χ0v) is 15.0. The summed E-state index contributed by atoms with van der Waals surface area (Å²) in [5.74, 6) is -4.16. The Labute approximate surface area is 148 Å². The molecule has 0 aliphatic carbocycles. The molecule has 0 spiro atoms. The van der Waals surface area contributed by atoms with E-state index in [9.17, 15) is 24.3 Å². The van der Waals surface area contributed by atoms with E-state index in [1.54, 1.807) is 0 Å². The number of nitrogens with one attached hydrogen (secondary N) is 3. The number of aliphatic carboxylic acids is 3. The van der Waals surface area contributed by atoms with Crippen LogP contribution in [0.25, 0.3) is 0 Å². The molecule has 0 aliphatic rings. The van der Waals surface area contributed by atoms with Gasteiger partial charge in [-0.3, -0.25) is 4.79 Å². The Balaban J connectivity index is 5.08. The van der Waals surface area contributed by atoms with Crippen LogP contribution in [0.5, 0.6) is 0 Å². The summed E-state index contributed by atoms with van der Waals surface area (Å²) in [6.45, 7) is 5.60. The van der Waals surface area contributed by atoms with Crippen molar-refractivity contribution < 1.29 is 34.5 Å². The minimum absolute atomic E-state index is 0.0477. The number of thioether (sulfide) groups is 1. The first-order chi connectivity index (χ1) is 11.3. The van der Waals surface area contributed by atoms with Crippen LogP contribution in [0.4, 0.5) is 4.79 Å². The van der Waals surface area contributed by atoms with Crippen molar-refractivity contribution in [2.45, 2.75) is 49.9 Å². The molecule has 0 aliphatic heterocycles. The van der Waals surface area contributed by atoms with Crippen LogP contribution in [0.1, 0.15) is 33.6 Å². The quantitative estimate of drug-likeness (QED) is 0.300. The van der Waals surface area contributed by atoms with Gasteiger partial charge in [-0.1, -0.05) is 20.8 Å². The summed E-state index contributed by atoms with van der Waals surface area (Å²) in [7, 11) is 0. The van der Waals surface area contributed by atoms with Crippen molar-refractivity contribution in [2.24, 2.45) is 0 Å². The van der Waals surface area contributed by atoms with Gasteiger partial charge < -0.3 is 31.4 Å². The molecule has 0 aromatic rings. The summed E-state index contributed by atoms with van der Waals surface area (Å²) in [6, 6.07) is -2.39. The molecule has 10 nitrogen and oxygen atoms in total. The molecule has 0 bridgehead atoms. The summed E-state index contributed by atoms with van der Waals surface area (Å²) in [5, 5.41) is 38.4. The highest BCUT2D eigenvalue weighted by Crippen LogP contribution is 2.23. The Kier molecular flexibility index (Phi) is 8.40. The van der Waals surface area contributed by atoms with Gasteiger partial charge >= 0.3 is 23.9 Å². The highest BCUT2D eigenvalue weighted by molar-refractivity contribution is 8.00. The number of hydrogen-bond donors (Lipinski definition) is 6. The van der Waals surface area contributed by atoms with Gasteiger partial charge in [0, 0.05) is 23.1 Å². The Bertz CT molecular complexity index is 547. The topological polar surface area (TPSA) is 177 Å². The zero-order valence-electron chi connectivity index (χ0n) is 14.2. The highest BCUT2D eigenvalue weighted by atomic mass is 32.2. The van der Waals surface area contributed by atoms with Crippen molar-refractivity contribution in [3.63, 3.8) is 0 Å². The summed E-state index contributed by atoms with van der Waals surface area (Å²) in [4.78, 5) is 45.2. The van der Waals surface area contributed by atoms with Crippen molar-refractivity contribution in [1.29, 1.82) is 5.41 Å². The average Bonchev–Trinajstić information content (AvgIpc) is 2.46. The molecule has 142 valence electrons. The number of urea groups is 1. The predicted octanol–water partition coefficient (Wildman–Crippen LogP) is 0.608. The fourth-order valence-electron chi connectivity index (χ4n) is 1.60. The highest BCUT2D eigenvalue weighted by Gasteiger charge is 2.39. The number of hydrogen-bond acceptors (Lipinski definition) is 6. The monoisotopic (exact) mass is 377 g/mol. The van der Waals surface area contributed by atoms with Crippen molar-refractivity contribution >= 4 is 41.9 Å². The first-order valence-corrected chi connectivity index (χ1v) is 8.24. The van der Waals surface area contributed by atoms with Crippen LogP contribution >= 0.6 is 11.8 Å². The van der Waals surface area contributed by atoms with Crippen LogP contribution in [0, 0.1) is 5.41 Å². The summed E-state index contributed by atoms with van der Waals surface area (Å²) < 4.78 is -0.243. The molecule has 0 saturated heterocycles. The predicted molar refractivity (Wildman–Crippen MR) is 91.3 cm³/mol. The summed E-state index contributed by atoms with van der Waals surface area (Å²) in [5.41, 5.74) is -2.23. The van der Waals surface area contributed by atoms with Crippen molar-refractivity contribution in [3.8, 4) is 0 Å². The Morgan fingerprint density at radius 1 is 1.16 bits per heavy atom. The van der Waals surface area contributed by atoms with E-state index in [1.807, 2.05) is 26.1 Å². The third-order valence-electron chi connectivity index (χ3n) is 2.98. The summed E-state index contributed by atoms with van der Waals surface area (Å²) >= 11 is 1.29. The lowest BCUT2D eigenvalue weighted by Crippen LogP contribution is -2.60. The van der Waals surface area contributed by atoms with Crippen LogP contribution in [-0.4, -0.2) is 67.6 Å². The second kappa shape index (κ2) is 9.25. The molecule has 0 aromatic carbocycles. The number of carboxylic acids is 3. The zero-order chi connectivity index (χ0) is 19.8. The van der Waals surface area contributed by atoms with Gasteiger partial charge in [-0.15, -0.1) is 0 Å². The maximum absolute atomic E-state index is 12.0. The van der Waals surface area contributed by atoms with Gasteiger partial charge in [0.25, 0.3) is 0 Å². The van der Waals surface area contributed by atoms with E-state index >= 15 is 0 Å². The van der Waals surface area contributed by atoms with Gasteiger partial charge in [-0.25, -0.2) is 14.4 Å². The van der Waals surface area contributed by atoms with Crippen LogP contribution in [0.15, 0.2) is 0 Å². The van der Waals surface area contributed by atoms with E-state index in [0.29, 0.717) is 6.21 Å². The molecule has 0 saturated carbocycles. The lowest BCUT2D eigenvalue weighted by molar-refractivity contribution is -0.142. The molecule has 0 rings (SSSR count). The number of carbonyl (C=O) groups is 4. The smallest absolute Gasteiger partial charge is 0.335 e. The van der Waals surface area contributed by atoms with E-state index in [-0.39, 0.29) is 10.5 Å². The third-order valence-corrected chi connectivity index (χ3v) is 4.35. The standard InChI is InChI=1S/C14H23N3O7S/c1-13(2,3)25-6-8(10(20)21)16-12(24)17-14(7-15,11(22)23)5-4-9(18)19/h7-8,15H,4-6H2,1-3H3,(H,18,19)(H,20,21)(H,22,23)(H2,16,17,24). The summed E-state index contributed by atoms with van der Waals surface area (Å²) in [6.07, 6.45) is -0.731. The number of carboxylic acid groups (broad SMARTS) is 3. The number of carbonyl (C=O) groups excluding carboxylic acids is 1. The Morgan fingerprint density at radius 3 is 2.08 bits per heavy atom. The van der Waals surface area contributed by atoms with E-state index in [1.165, 1.54) is 11.8 Å². The Hall–Kier alpha value is -2.30. The van der Waals surface area contributed by atoms with Gasteiger partial charge in [-0.2, -0.15) is 11.8 Å². The number of amides is 2. The molecule has 25 heavy (non-hydrogen) atoms. The number of rotatable bonds is 10. The molecule has 0 fully saturated rings. The van der Waals surface area contributed by atoms with E-state index in [2.05, 4.69) is 5.32 Å². The van der Waals surface area contributed by atoms with E-state index < -0.39 is 48.4 Å². The van der Waals surface area contributed by atoms with Crippen LogP contribution < -0.4 is 10.6 Å². The second-order valence-corrected chi connectivity index (χ2v) is 8.07.